The lowest BCUT2D eigenvalue weighted by Crippen LogP contribution is -2.03. The SMILES string of the molecule is CSc1ccccc1Oc1ncc(N)cc1C(=O)O. The number of rotatable bonds is 4. The van der Waals surface area contributed by atoms with Crippen LogP contribution in [0.1, 0.15) is 10.4 Å². The number of pyridine rings is 1. The summed E-state index contributed by atoms with van der Waals surface area (Å²) in [6, 6.07) is 8.67. The first-order valence-electron chi connectivity index (χ1n) is 5.41. The molecule has 0 unspecified atom stereocenters. The third kappa shape index (κ3) is 2.97. The zero-order valence-corrected chi connectivity index (χ0v) is 11.0. The molecule has 2 rings (SSSR count). The van der Waals surface area contributed by atoms with Crippen LogP contribution in [0.5, 0.6) is 11.6 Å². The number of thioether (sulfide) groups is 1. The number of carboxylic acid groups (broad SMARTS) is 1. The van der Waals surface area contributed by atoms with E-state index in [0.717, 1.165) is 4.90 Å². The van der Waals surface area contributed by atoms with Crippen LogP contribution >= 0.6 is 11.8 Å². The lowest BCUT2D eigenvalue weighted by molar-refractivity contribution is 0.0693. The molecular weight excluding hydrogens is 264 g/mol. The van der Waals surface area contributed by atoms with Gasteiger partial charge < -0.3 is 15.6 Å². The molecule has 0 aliphatic rings. The number of para-hydroxylation sites is 1. The maximum absolute atomic E-state index is 11.1. The molecule has 0 spiro atoms. The summed E-state index contributed by atoms with van der Waals surface area (Å²) in [5, 5.41) is 9.11. The molecule has 0 saturated carbocycles. The molecule has 0 bridgehead atoms. The Morgan fingerprint density at radius 1 is 1.42 bits per heavy atom. The summed E-state index contributed by atoms with van der Waals surface area (Å²) in [7, 11) is 0. The van der Waals surface area contributed by atoms with Crippen LogP contribution in [0, 0.1) is 0 Å². The Hall–Kier alpha value is -2.21. The summed E-state index contributed by atoms with van der Waals surface area (Å²) >= 11 is 1.51. The molecular formula is C13H12N2O3S. The lowest BCUT2D eigenvalue weighted by atomic mass is 10.2. The van der Waals surface area contributed by atoms with E-state index in [0.29, 0.717) is 5.75 Å². The van der Waals surface area contributed by atoms with Gasteiger partial charge in [-0.1, -0.05) is 12.1 Å². The van der Waals surface area contributed by atoms with Gasteiger partial charge in [0.25, 0.3) is 0 Å². The number of ether oxygens (including phenoxy) is 1. The van der Waals surface area contributed by atoms with Crippen molar-refractivity contribution in [1.82, 2.24) is 4.98 Å². The molecule has 5 nitrogen and oxygen atoms in total. The Bertz CT molecular complexity index is 617. The first-order valence-corrected chi connectivity index (χ1v) is 6.64. The highest BCUT2D eigenvalue weighted by molar-refractivity contribution is 7.98. The third-order valence-electron chi connectivity index (χ3n) is 2.38. The maximum atomic E-state index is 11.1. The van der Waals surface area contributed by atoms with E-state index in [1.54, 1.807) is 6.07 Å². The summed E-state index contributed by atoms with van der Waals surface area (Å²) in [6.07, 6.45) is 3.28. The molecule has 0 atom stereocenters. The van der Waals surface area contributed by atoms with Crippen molar-refractivity contribution in [2.24, 2.45) is 0 Å². The summed E-state index contributed by atoms with van der Waals surface area (Å²) in [6.45, 7) is 0. The maximum Gasteiger partial charge on any atom is 0.341 e. The van der Waals surface area contributed by atoms with Gasteiger partial charge in [-0.05, 0) is 24.5 Å². The van der Waals surface area contributed by atoms with Gasteiger partial charge in [0, 0.05) is 4.90 Å². The fourth-order valence-corrected chi connectivity index (χ4v) is 2.04. The third-order valence-corrected chi connectivity index (χ3v) is 3.16. The second-order valence-electron chi connectivity index (χ2n) is 3.68. The van der Waals surface area contributed by atoms with Gasteiger partial charge in [-0.2, -0.15) is 0 Å². The predicted octanol–water partition coefficient (Wildman–Crippen LogP) is 2.88. The van der Waals surface area contributed by atoms with Crippen molar-refractivity contribution in [3.8, 4) is 11.6 Å². The van der Waals surface area contributed by atoms with Crippen LogP contribution in [0.15, 0.2) is 41.4 Å². The van der Waals surface area contributed by atoms with Gasteiger partial charge in [0.2, 0.25) is 5.88 Å². The molecule has 0 aliphatic heterocycles. The standard InChI is InChI=1S/C13H12N2O3S/c1-19-11-5-3-2-4-10(11)18-12-9(13(16)17)6-8(14)7-15-12/h2-7H,14H2,1H3,(H,16,17). The van der Waals surface area contributed by atoms with E-state index in [4.69, 9.17) is 15.6 Å². The Balaban J connectivity index is 2.41. The van der Waals surface area contributed by atoms with E-state index in [1.807, 2.05) is 24.5 Å². The molecule has 0 amide bonds. The zero-order chi connectivity index (χ0) is 13.8. The average molecular weight is 276 g/mol. The van der Waals surface area contributed by atoms with Crippen molar-refractivity contribution in [1.29, 1.82) is 0 Å². The van der Waals surface area contributed by atoms with Crippen LogP contribution in [0.25, 0.3) is 0 Å². The topological polar surface area (TPSA) is 85.4 Å². The minimum Gasteiger partial charge on any atom is -0.477 e. The molecule has 19 heavy (non-hydrogen) atoms. The number of aromatic carboxylic acids is 1. The summed E-state index contributed by atoms with van der Waals surface area (Å²) in [4.78, 5) is 16.0. The highest BCUT2D eigenvalue weighted by Crippen LogP contribution is 2.32. The fraction of sp³-hybridized carbons (Fsp3) is 0.0769. The first-order chi connectivity index (χ1) is 9.11. The molecule has 1 aromatic heterocycles. The minimum absolute atomic E-state index is 0.0307. The molecule has 98 valence electrons. The number of nitrogens with zero attached hydrogens (tertiary/aromatic N) is 1. The van der Waals surface area contributed by atoms with Crippen molar-refractivity contribution in [3.05, 3.63) is 42.1 Å². The quantitative estimate of drug-likeness (QED) is 0.835. The monoisotopic (exact) mass is 276 g/mol. The second kappa shape index (κ2) is 5.62. The largest absolute Gasteiger partial charge is 0.477 e. The number of aromatic nitrogens is 1. The summed E-state index contributed by atoms with van der Waals surface area (Å²) in [5.74, 6) is -0.533. The van der Waals surface area contributed by atoms with Crippen LogP contribution in [-0.4, -0.2) is 22.3 Å². The van der Waals surface area contributed by atoms with Crippen molar-refractivity contribution >= 4 is 23.4 Å². The van der Waals surface area contributed by atoms with Crippen LogP contribution < -0.4 is 10.5 Å². The van der Waals surface area contributed by atoms with E-state index in [-0.39, 0.29) is 17.1 Å². The fourth-order valence-electron chi connectivity index (χ4n) is 1.51. The highest BCUT2D eigenvalue weighted by atomic mass is 32.2. The number of nitrogens with two attached hydrogens (primary N) is 1. The number of hydrogen-bond acceptors (Lipinski definition) is 5. The van der Waals surface area contributed by atoms with E-state index < -0.39 is 5.97 Å². The summed E-state index contributed by atoms with van der Waals surface area (Å²) in [5.41, 5.74) is 5.75. The zero-order valence-electron chi connectivity index (χ0n) is 10.2. The molecule has 1 heterocycles. The van der Waals surface area contributed by atoms with Crippen molar-refractivity contribution in [2.45, 2.75) is 4.90 Å². The van der Waals surface area contributed by atoms with Gasteiger partial charge >= 0.3 is 5.97 Å². The number of hydrogen-bond donors (Lipinski definition) is 2. The Morgan fingerprint density at radius 2 is 2.16 bits per heavy atom. The Morgan fingerprint density at radius 3 is 2.84 bits per heavy atom. The van der Waals surface area contributed by atoms with E-state index in [1.165, 1.54) is 24.0 Å². The van der Waals surface area contributed by atoms with Crippen molar-refractivity contribution < 1.29 is 14.6 Å². The van der Waals surface area contributed by atoms with Crippen molar-refractivity contribution in [3.63, 3.8) is 0 Å². The van der Waals surface area contributed by atoms with E-state index >= 15 is 0 Å². The van der Waals surface area contributed by atoms with Crippen molar-refractivity contribution in [2.75, 3.05) is 12.0 Å². The highest BCUT2D eigenvalue weighted by Gasteiger charge is 2.15. The second-order valence-corrected chi connectivity index (χ2v) is 4.53. The Labute approximate surface area is 114 Å². The molecule has 0 radical (unpaired) electrons. The van der Waals surface area contributed by atoms with E-state index in [2.05, 4.69) is 4.98 Å². The van der Waals surface area contributed by atoms with E-state index in [9.17, 15) is 4.79 Å². The normalized spacial score (nSPS) is 10.2. The predicted molar refractivity (Wildman–Crippen MR) is 73.9 cm³/mol. The lowest BCUT2D eigenvalue weighted by Gasteiger charge is -2.10. The van der Waals surface area contributed by atoms with Crippen LogP contribution in [0.4, 0.5) is 5.69 Å². The van der Waals surface area contributed by atoms with Crippen LogP contribution in [-0.2, 0) is 0 Å². The molecule has 1 aromatic carbocycles. The molecule has 6 heteroatoms. The van der Waals surface area contributed by atoms with Crippen LogP contribution in [0.3, 0.4) is 0 Å². The van der Waals surface area contributed by atoms with Gasteiger partial charge in [-0.3, -0.25) is 0 Å². The molecule has 0 aliphatic carbocycles. The first kappa shape index (κ1) is 13.2. The van der Waals surface area contributed by atoms with Gasteiger partial charge in [-0.25, -0.2) is 9.78 Å². The number of carbonyl (C=O) groups is 1. The molecule has 2 aromatic rings. The van der Waals surface area contributed by atoms with Crippen LogP contribution in [0.2, 0.25) is 0 Å². The van der Waals surface area contributed by atoms with Gasteiger partial charge in [-0.15, -0.1) is 11.8 Å². The van der Waals surface area contributed by atoms with Gasteiger partial charge in [0.15, 0.2) is 0 Å². The number of benzene rings is 1. The molecule has 0 fully saturated rings. The smallest absolute Gasteiger partial charge is 0.341 e. The molecule has 0 saturated heterocycles. The number of carboxylic acids is 1. The average Bonchev–Trinajstić information content (AvgIpc) is 2.41. The minimum atomic E-state index is -1.13. The Kier molecular flexibility index (Phi) is 3.91. The number of nitrogen functional groups attached to an aromatic ring is 1. The number of anilines is 1. The van der Waals surface area contributed by atoms with Gasteiger partial charge in [0.05, 0.1) is 11.9 Å². The molecule has 3 N–H and O–H groups in total. The van der Waals surface area contributed by atoms with Gasteiger partial charge in [0.1, 0.15) is 11.3 Å². The summed E-state index contributed by atoms with van der Waals surface area (Å²) < 4.78 is 5.58.